The second-order valence-corrected chi connectivity index (χ2v) is 7.68. The smallest absolute Gasteiger partial charge is 0.143 e. The summed E-state index contributed by atoms with van der Waals surface area (Å²) in [5.74, 6) is 1.74. The molecule has 30 heavy (non-hydrogen) atoms. The third-order valence-corrected chi connectivity index (χ3v) is 5.17. The Morgan fingerprint density at radius 1 is 0.967 bits per heavy atom. The van der Waals surface area contributed by atoms with Gasteiger partial charge in [-0.15, -0.1) is 0 Å². The molecule has 0 aliphatic carbocycles. The molecule has 1 aliphatic rings. The molecular formula is C26H33NO3. The molecule has 160 valence electrons. The van der Waals surface area contributed by atoms with Gasteiger partial charge in [0.2, 0.25) is 0 Å². The Labute approximate surface area is 180 Å². The van der Waals surface area contributed by atoms with Crippen LogP contribution < -0.4 is 9.47 Å². The molecule has 0 amide bonds. The molecule has 0 fully saturated rings. The highest BCUT2D eigenvalue weighted by Crippen LogP contribution is 2.20. The van der Waals surface area contributed by atoms with Gasteiger partial charge in [-0.3, -0.25) is 4.99 Å². The maximum absolute atomic E-state index is 6.01. The highest BCUT2D eigenvalue weighted by molar-refractivity contribution is 5.82. The number of unbranched alkanes of at least 4 members (excludes halogenated alkanes) is 4. The van der Waals surface area contributed by atoms with E-state index in [1.54, 1.807) is 0 Å². The monoisotopic (exact) mass is 407 g/mol. The van der Waals surface area contributed by atoms with Crippen LogP contribution in [0.3, 0.4) is 0 Å². The third-order valence-electron chi connectivity index (χ3n) is 5.17. The van der Waals surface area contributed by atoms with Crippen molar-refractivity contribution < 1.29 is 14.2 Å². The number of rotatable bonds is 11. The minimum atomic E-state index is -0.00431. The second-order valence-electron chi connectivity index (χ2n) is 7.68. The molecular weight excluding hydrogens is 374 g/mol. The van der Waals surface area contributed by atoms with Crippen LogP contribution >= 0.6 is 0 Å². The summed E-state index contributed by atoms with van der Waals surface area (Å²) in [7, 11) is 0. The van der Waals surface area contributed by atoms with E-state index >= 15 is 0 Å². The summed E-state index contributed by atoms with van der Waals surface area (Å²) in [5.41, 5.74) is 3.16. The van der Waals surface area contributed by atoms with E-state index in [-0.39, 0.29) is 6.10 Å². The van der Waals surface area contributed by atoms with Gasteiger partial charge in [-0.1, -0.05) is 38.7 Å². The zero-order chi connectivity index (χ0) is 21.0. The Morgan fingerprint density at radius 3 is 2.43 bits per heavy atom. The molecule has 2 aromatic rings. The van der Waals surface area contributed by atoms with Crippen molar-refractivity contribution in [2.45, 2.75) is 52.1 Å². The lowest BCUT2D eigenvalue weighted by atomic mass is 10.1. The molecule has 0 unspecified atom stereocenters. The van der Waals surface area contributed by atoms with Crippen molar-refractivity contribution in [3.8, 4) is 11.5 Å². The number of nitrogens with zero attached hydrogens (tertiary/aromatic N) is 1. The van der Waals surface area contributed by atoms with Crippen molar-refractivity contribution in [3.63, 3.8) is 0 Å². The lowest BCUT2D eigenvalue weighted by Crippen LogP contribution is -2.28. The average Bonchev–Trinajstić information content (AvgIpc) is 2.78. The lowest BCUT2D eigenvalue weighted by Gasteiger charge is -2.23. The number of hydrogen-bond acceptors (Lipinski definition) is 4. The molecule has 4 heteroatoms. The van der Waals surface area contributed by atoms with Crippen molar-refractivity contribution in [3.05, 3.63) is 65.7 Å². The molecule has 1 aliphatic heterocycles. The predicted octanol–water partition coefficient (Wildman–Crippen LogP) is 6.51. The highest BCUT2D eigenvalue weighted by Gasteiger charge is 2.16. The molecule has 0 N–H and O–H groups in total. The van der Waals surface area contributed by atoms with Crippen LogP contribution in [0.2, 0.25) is 0 Å². The van der Waals surface area contributed by atoms with E-state index in [2.05, 4.69) is 24.9 Å². The summed E-state index contributed by atoms with van der Waals surface area (Å²) in [6.45, 7) is 6.37. The van der Waals surface area contributed by atoms with Crippen molar-refractivity contribution in [2.75, 3.05) is 19.8 Å². The van der Waals surface area contributed by atoms with Gasteiger partial charge < -0.3 is 14.2 Å². The molecule has 0 saturated heterocycles. The van der Waals surface area contributed by atoms with E-state index in [1.165, 1.54) is 31.3 Å². The Bertz CT molecular complexity index is 809. The highest BCUT2D eigenvalue weighted by atomic mass is 16.5. The van der Waals surface area contributed by atoms with Gasteiger partial charge >= 0.3 is 0 Å². The van der Waals surface area contributed by atoms with Crippen LogP contribution in [-0.4, -0.2) is 32.1 Å². The van der Waals surface area contributed by atoms with E-state index in [9.17, 15) is 0 Å². The zero-order valence-electron chi connectivity index (χ0n) is 18.2. The average molecular weight is 408 g/mol. The van der Waals surface area contributed by atoms with Crippen LogP contribution in [0, 0.1) is 0 Å². The first-order chi connectivity index (χ1) is 14.7. The first-order valence-corrected chi connectivity index (χ1v) is 11.0. The zero-order valence-corrected chi connectivity index (χ0v) is 18.2. The maximum atomic E-state index is 6.01. The molecule has 4 nitrogen and oxygen atoms in total. The molecule has 1 atom stereocenters. The quantitative estimate of drug-likeness (QED) is 0.242. The van der Waals surface area contributed by atoms with E-state index in [4.69, 9.17) is 14.2 Å². The summed E-state index contributed by atoms with van der Waals surface area (Å²) in [5, 5.41) is 0. The van der Waals surface area contributed by atoms with E-state index in [1.807, 2.05) is 54.7 Å². The second kappa shape index (κ2) is 12.2. The molecule has 1 heterocycles. The lowest BCUT2D eigenvalue weighted by molar-refractivity contribution is 0.0681. The maximum Gasteiger partial charge on any atom is 0.143 e. The fourth-order valence-electron chi connectivity index (χ4n) is 3.23. The molecule has 0 aromatic heterocycles. The van der Waals surface area contributed by atoms with Gasteiger partial charge in [-0.25, -0.2) is 0 Å². The van der Waals surface area contributed by atoms with Gasteiger partial charge in [0.25, 0.3) is 0 Å². The van der Waals surface area contributed by atoms with Crippen LogP contribution in [0.1, 0.15) is 51.5 Å². The van der Waals surface area contributed by atoms with Crippen molar-refractivity contribution in [2.24, 2.45) is 4.99 Å². The van der Waals surface area contributed by atoms with E-state index < -0.39 is 0 Å². The molecule has 0 radical (unpaired) electrons. The van der Waals surface area contributed by atoms with Gasteiger partial charge in [0, 0.05) is 6.21 Å². The summed E-state index contributed by atoms with van der Waals surface area (Å²) < 4.78 is 17.3. The van der Waals surface area contributed by atoms with Crippen molar-refractivity contribution in [1.82, 2.24) is 0 Å². The Morgan fingerprint density at radius 2 is 1.70 bits per heavy atom. The molecule has 0 saturated carbocycles. The minimum absolute atomic E-state index is 0.00431. The predicted molar refractivity (Wildman–Crippen MR) is 123 cm³/mol. The Hall–Kier alpha value is -2.59. The van der Waals surface area contributed by atoms with Crippen LogP contribution in [-0.2, 0) is 4.74 Å². The number of benzene rings is 2. The summed E-state index contributed by atoms with van der Waals surface area (Å²) in [6, 6.07) is 15.9. The minimum Gasteiger partial charge on any atom is -0.494 e. The standard InChI is InChI=1S/C26H33NO3/c1-3-4-5-6-7-17-29-24-14-10-23(11-15-24)27-19-22-8-12-25(13-9-22)30-26-20-28-18-16-21(26)2/h8-16,19,26H,3-7,17-18,20H2,1-2H3/t26-/m1/s1. The van der Waals surface area contributed by atoms with Crippen LogP contribution in [0.15, 0.2) is 65.2 Å². The third kappa shape index (κ3) is 7.34. The first-order valence-electron chi connectivity index (χ1n) is 11.0. The molecule has 0 bridgehead atoms. The number of ether oxygens (including phenoxy) is 3. The fraction of sp³-hybridized carbons (Fsp3) is 0.423. The number of aliphatic imine (C=N–C) groups is 1. The van der Waals surface area contributed by atoms with Gasteiger partial charge in [-0.05, 0) is 73.0 Å². The Balaban J connectivity index is 1.45. The molecule has 3 rings (SSSR count). The molecule has 2 aromatic carbocycles. The summed E-state index contributed by atoms with van der Waals surface area (Å²) in [4.78, 5) is 4.55. The van der Waals surface area contributed by atoms with Gasteiger partial charge in [-0.2, -0.15) is 0 Å². The Kier molecular flexibility index (Phi) is 8.98. The topological polar surface area (TPSA) is 40.0 Å². The van der Waals surface area contributed by atoms with Crippen molar-refractivity contribution >= 4 is 11.9 Å². The summed E-state index contributed by atoms with van der Waals surface area (Å²) >= 11 is 0. The van der Waals surface area contributed by atoms with Crippen molar-refractivity contribution in [1.29, 1.82) is 0 Å². The van der Waals surface area contributed by atoms with Gasteiger partial charge in [0.05, 0.1) is 25.5 Å². The largest absolute Gasteiger partial charge is 0.494 e. The fourth-order valence-corrected chi connectivity index (χ4v) is 3.23. The number of hydrogen-bond donors (Lipinski definition) is 0. The SMILES string of the molecule is CCCCCCCOc1ccc(N=Cc2ccc(O[C@@H]3COCC=C3C)cc2)cc1. The van der Waals surface area contributed by atoms with E-state index in [0.717, 1.165) is 35.8 Å². The summed E-state index contributed by atoms with van der Waals surface area (Å²) in [6.07, 6.45) is 10.2. The van der Waals surface area contributed by atoms with Gasteiger partial charge in [0.15, 0.2) is 0 Å². The van der Waals surface area contributed by atoms with Crippen LogP contribution in [0.5, 0.6) is 11.5 Å². The van der Waals surface area contributed by atoms with E-state index in [0.29, 0.717) is 13.2 Å². The van der Waals surface area contributed by atoms with Crippen LogP contribution in [0.4, 0.5) is 5.69 Å². The van der Waals surface area contributed by atoms with Crippen LogP contribution in [0.25, 0.3) is 0 Å². The normalized spacial score (nSPS) is 16.5. The molecule has 0 spiro atoms. The first kappa shape index (κ1) is 22.1. The van der Waals surface area contributed by atoms with Gasteiger partial charge in [0.1, 0.15) is 17.6 Å².